The molecule has 1 amide bonds. The van der Waals surface area contributed by atoms with Crippen LogP contribution in [0.25, 0.3) is 5.70 Å². The summed E-state index contributed by atoms with van der Waals surface area (Å²) < 4.78 is 16.4. The quantitative estimate of drug-likeness (QED) is 0.752. The molecule has 1 saturated heterocycles. The fourth-order valence-electron chi connectivity index (χ4n) is 6.61. The molecule has 1 N–H and O–H groups in total. The fourth-order valence-corrected chi connectivity index (χ4v) is 6.61. The fraction of sp³-hybridized carbons (Fsp3) is 0.667. The van der Waals surface area contributed by atoms with Crippen LogP contribution < -0.4 is 0 Å². The molecular weight excluding hydrogens is 411 g/mol. The van der Waals surface area contributed by atoms with Crippen molar-refractivity contribution in [1.29, 1.82) is 0 Å². The first-order valence-electron chi connectivity index (χ1n) is 11.7. The summed E-state index contributed by atoms with van der Waals surface area (Å²) in [6.45, 7) is 7.96. The van der Waals surface area contributed by atoms with Gasteiger partial charge in [0.15, 0.2) is 11.6 Å². The highest BCUT2D eigenvalue weighted by Crippen LogP contribution is 2.55. The Morgan fingerprint density at radius 3 is 2.56 bits per heavy atom. The first-order chi connectivity index (χ1) is 15.3. The first-order valence-corrected chi connectivity index (χ1v) is 11.7. The van der Waals surface area contributed by atoms with Crippen LogP contribution in [-0.4, -0.2) is 55.2 Å². The number of piperidine rings is 1. The van der Waals surface area contributed by atoms with E-state index in [9.17, 15) is 14.7 Å². The Hall–Kier alpha value is -2.35. The van der Waals surface area contributed by atoms with Crippen LogP contribution in [0.3, 0.4) is 0 Å². The van der Waals surface area contributed by atoms with Crippen LogP contribution in [0.4, 0.5) is 4.39 Å². The van der Waals surface area contributed by atoms with E-state index in [1.165, 1.54) is 18.7 Å². The summed E-state index contributed by atoms with van der Waals surface area (Å²) in [7, 11) is 0. The Morgan fingerprint density at radius 2 is 2.00 bits per heavy atom. The normalized spacial score (nSPS) is 33.6. The molecule has 174 valence electrons. The highest BCUT2D eigenvalue weighted by atomic mass is 19.1. The summed E-state index contributed by atoms with van der Waals surface area (Å²) in [5, 5.41) is 14.6. The topological polar surface area (TPSA) is 88.3 Å². The summed E-state index contributed by atoms with van der Waals surface area (Å²) in [6, 6.07) is -0.548. The standard InChI is InChI=1S/C24H33FN4O3/c1-5-24(14(2)3)19(11-30)29(18-9-7-6-8-15(18)4)23(32)16-10-17(25)21(22(31)20(16)24)28-13-26-12-27-28/h10,12-15,18-20,30H,5-9,11H2,1-4H3/t15-,18+,19?,20?,24?/m1/s1. The lowest BCUT2D eigenvalue weighted by molar-refractivity contribution is -0.160. The molecule has 7 nitrogen and oxygen atoms in total. The number of likely N-dealkylation sites (tertiary alicyclic amines) is 1. The molecule has 8 heteroatoms. The molecule has 32 heavy (non-hydrogen) atoms. The third kappa shape index (κ3) is 3.17. The van der Waals surface area contributed by atoms with Gasteiger partial charge in [-0.05, 0) is 37.2 Å². The van der Waals surface area contributed by atoms with Gasteiger partial charge in [-0.15, -0.1) is 0 Å². The third-order valence-electron chi connectivity index (χ3n) is 8.22. The van der Waals surface area contributed by atoms with Crippen LogP contribution in [0.5, 0.6) is 0 Å². The van der Waals surface area contributed by atoms with Crippen molar-refractivity contribution in [2.45, 2.75) is 71.9 Å². The van der Waals surface area contributed by atoms with E-state index >= 15 is 4.39 Å². The number of aromatic nitrogens is 3. The van der Waals surface area contributed by atoms with Crippen LogP contribution in [0.2, 0.25) is 0 Å². The minimum Gasteiger partial charge on any atom is -0.394 e. The Bertz CT molecular complexity index is 954. The lowest BCUT2D eigenvalue weighted by Gasteiger charge is -2.59. The summed E-state index contributed by atoms with van der Waals surface area (Å²) in [5.74, 6) is -2.15. The molecule has 1 saturated carbocycles. The van der Waals surface area contributed by atoms with Gasteiger partial charge < -0.3 is 10.0 Å². The van der Waals surface area contributed by atoms with Crippen molar-refractivity contribution in [3.05, 3.63) is 30.1 Å². The minimum atomic E-state index is -0.842. The van der Waals surface area contributed by atoms with Crippen LogP contribution in [0.1, 0.15) is 59.8 Å². The maximum Gasteiger partial charge on any atom is 0.251 e. The molecule has 2 fully saturated rings. The summed E-state index contributed by atoms with van der Waals surface area (Å²) in [5.41, 5.74) is -0.719. The van der Waals surface area contributed by atoms with E-state index in [4.69, 9.17) is 0 Å². The van der Waals surface area contributed by atoms with Crippen molar-refractivity contribution in [2.24, 2.45) is 23.2 Å². The second kappa shape index (κ2) is 8.54. The molecule has 0 spiro atoms. The molecule has 4 rings (SSSR count). The SMILES string of the molecule is CCC1(C(C)C)C2C(=O)C(n3cncn3)=C(F)C=C2C(=O)N([C@H]2CCCC[C@H]2C)C1CO. The number of ketones is 1. The average molecular weight is 445 g/mol. The van der Waals surface area contributed by atoms with Gasteiger partial charge in [0.2, 0.25) is 0 Å². The van der Waals surface area contributed by atoms with Crippen molar-refractivity contribution in [2.75, 3.05) is 6.61 Å². The van der Waals surface area contributed by atoms with Crippen molar-refractivity contribution < 1.29 is 19.1 Å². The second-order valence-corrected chi connectivity index (χ2v) is 9.79. The molecule has 0 radical (unpaired) electrons. The molecule has 0 bridgehead atoms. The molecule has 5 atom stereocenters. The zero-order valence-corrected chi connectivity index (χ0v) is 19.3. The van der Waals surface area contributed by atoms with Gasteiger partial charge in [0.1, 0.15) is 18.4 Å². The number of fused-ring (bicyclic) bond motifs is 1. The molecule has 2 aliphatic carbocycles. The van der Waals surface area contributed by atoms with Gasteiger partial charge in [0, 0.05) is 17.0 Å². The van der Waals surface area contributed by atoms with Crippen molar-refractivity contribution in [3.63, 3.8) is 0 Å². The van der Waals surface area contributed by atoms with Gasteiger partial charge in [-0.3, -0.25) is 9.59 Å². The van der Waals surface area contributed by atoms with Crippen LogP contribution in [0.15, 0.2) is 30.1 Å². The van der Waals surface area contributed by atoms with Crippen molar-refractivity contribution in [1.82, 2.24) is 19.7 Å². The number of carbonyl (C=O) groups is 2. The molecule has 1 aromatic rings. The van der Waals surface area contributed by atoms with Gasteiger partial charge in [-0.25, -0.2) is 14.1 Å². The zero-order valence-electron chi connectivity index (χ0n) is 19.3. The van der Waals surface area contributed by atoms with E-state index in [2.05, 4.69) is 17.0 Å². The monoisotopic (exact) mass is 444 g/mol. The molecule has 2 heterocycles. The average Bonchev–Trinajstić information content (AvgIpc) is 3.29. The van der Waals surface area contributed by atoms with Gasteiger partial charge in [0.05, 0.1) is 18.6 Å². The highest BCUT2D eigenvalue weighted by molar-refractivity contribution is 6.23. The summed E-state index contributed by atoms with van der Waals surface area (Å²) in [4.78, 5) is 33.3. The minimum absolute atomic E-state index is 0.0289. The predicted molar refractivity (Wildman–Crippen MR) is 118 cm³/mol. The van der Waals surface area contributed by atoms with Crippen LogP contribution >= 0.6 is 0 Å². The van der Waals surface area contributed by atoms with Gasteiger partial charge in [-0.2, -0.15) is 5.10 Å². The van der Waals surface area contributed by atoms with E-state index in [1.807, 2.05) is 25.7 Å². The lowest BCUT2D eigenvalue weighted by Crippen LogP contribution is -2.68. The number of aliphatic hydroxyl groups is 1. The number of carbonyl (C=O) groups excluding carboxylic acids is 2. The predicted octanol–water partition coefficient (Wildman–Crippen LogP) is 3.38. The van der Waals surface area contributed by atoms with E-state index in [1.54, 1.807) is 0 Å². The van der Waals surface area contributed by atoms with E-state index in [-0.39, 0.29) is 41.7 Å². The Labute approximate surface area is 188 Å². The summed E-state index contributed by atoms with van der Waals surface area (Å²) >= 11 is 0. The number of Topliss-reactive ketones (excluding diaryl/α,β-unsaturated/α-hetero) is 1. The Balaban J connectivity index is 1.93. The third-order valence-corrected chi connectivity index (χ3v) is 8.22. The molecule has 3 aliphatic rings. The largest absolute Gasteiger partial charge is 0.394 e. The van der Waals surface area contributed by atoms with E-state index < -0.39 is 29.0 Å². The van der Waals surface area contributed by atoms with E-state index in [0.29, 0.717) is 6.42 Å². The van der Waals surface area contributed by atoms with Crippen LogP contribution in [0, 0.1) is 23.2 Å². The second-order valence-electron chi connectivity index (χ2n) is 9.79. The van der Waals surface area contributed by atoms with Gasteiger partial charge in [-0.1, -0.05) is 40.5 Å². The Morgan fingerprint density at radius 1 is 1.28 bits per heavy atom. The smallest absolute Gasteiger partial charge is 0.251 e. The number of halogens is 1. The summed E-state index contributed by atoms with van der Waals surface area (Å²) in [6.07, 6.45) is 8.34. The van der Waals surface area contributed by atoms with Crippen molar-refractivity contribution in [3.8, 4) is 0 Å². The number of rotatable bonds is 5. The number of nitrogens with zero attached hydrogens (tertiary/aromatic N) is 4. The number of amides is 1. The Kier molecular flexibility index (Phi) is 6.09. The number of aliphatic hydroxyl groups excluding tert-OH is 1. The number of hydrogen-bond acceptors (Lipinski definition) is 5. The number of hydrogen-bond donors (Lipinski definition) is 1. The molecule has 1 aromatic heterocycles. The zero-order chi connectivity index (χ0) is 23.2. The first kappa shape index (κ1) is 22.8. The van der Waals surface area contributed by atoms with Crippen LogP contribution in [-0.2, 0) is 9.59 Å². The maximum atomic E-state index is 15.3. The molecular formula is C24H33FN4O3. The maximum absolute atomic E-state index is 15.3. The van der Waals surface area contributed by atoms with Gasteiger partial charge in [0.25, 0.3) is 5.91 Å². The molecule has 1 aliphatic heterocycles. The van der Waals surface area contributed by atoms with Crippen molar-refractivity contribution >= 4 is 17.4 Å². The molecule has 3 unspecified atom stereocenters. The molecule has 0 aromatic carbocycles. The van der Waals surface area contributed by atoms with E-state index in [0.717, 1.165) is 30.4 Å². The highest BCUT2D eigenvalue weighted by Gasteiger charge is 2.61. The number of allylic oxidation sites excluding steroid dienone is 3. The lowest BCUT2D eigenvalue weighted by atomic mass is 9.54. The van der Waals surface area contributed by atoms with Gasteiger partial charge >= 0.3 is 0 Å².